The van der Waals surface area contributed by atoms with E-state index in [1.165, 1.54) is 28.6 Å². The number of aromatic nitrogens is 1. The standard InChI is InChI=1S/C21H21FN2O3S/c1-4-17-18-6-5-11-23(18)19-9-8-16(22)14(3)21(19)24(17)28(26,27)15-7-10-20(25)13(2)12-15/h5-12,17,25H,4H2,1-3H3. The molecule has 3 aromatic rings. The van der Waals surface area contributed by atoms with Gasteiger partial charge in [-0.2, -0.15) is 0 Å². The van der Waals surface area contributed by atoms with E-state index >= 15 is 0 Å². The summed E-state index contributed by atoms with van der Waals surface area (Å²) in [4.78, 5) is 0.0656. The second kappa shape index (κ2) is 6.38. The highest BCUT2D eigenvalue weighted by Gasteiger charge is 2.40. The van der Waals surface area contributed by atoms with Gasteiger partial charge in [-0.25, -0.2) is 12.8 Å². The van der Waals surface area contributed by atoms with Crippen molar-refractivity contribution in [3.63, 3.8) is 0 Å². The van der Waals surface area contributed by atoms with Crippen LogP contribution in [0.15, 0.2) is 53.6 Å². The van der Waals surface area contributed by atoms with Gasteiger partial charge in [0.25, 0.3) is 10.0 Å². The first-order chi connectivity index (χ1) is 13.3. The number of phenols is 1. The molecular formula is C21H21FN2O3S. The number of halogens is 1. The van der Waals surface area contributed by atoms with Gasteiger partial charge in [-0.15, -0.1) is 0 Å². The van der Waals surface area contributed by atoms with Crippen molar-refractivity contribution in [3.05, 3.63) is 71.3 Å². The molecule has 0 radical (unpaired) electrons. The summed E-state index contributed by atoms with van der Waals surface area (Å²) < 4.78 is 45.1. The van der Waals surface area contributed by atoms with Gasteiger partial charge in [0.1, 0.15) is 11.6 Å². The molecule has 0 spiro atoms. The topological polar surface area (TPSA) is 62.5 Å². The van der Waals surface area contributed by atoms with Crippen LogP contribution in [0.2, 0.25) is 0 Å². The summed E-state index contributed by atoms with van der Waals surface area (Å²) in [7, 11) is -3.99. The average Bonchev–Trinajstić information content (AvgIpc) is 3.15. The van der Waals surface area contributed by atoms with E-state index in [9.17, 15) is 17.9 Å². The predicted octanol–water partition coefficient (Wildman–Crippen LogP) is 4.60. The van der Waals surface area contributed by atoms with Gasteiger partial charge in [-0.3, -0.25) is 4.31 Å². The Kier molecular flexibility index (Phi) is 4.23. The Bertz CT molecular complexity index is 1180. The van der Waals surface area contributed by atoms with Crippen molar-refractivity contribution in [3.8, 4) is 11.4 Å². The van der Waals surface area contributed by atoms with E-state index < -0.39 is 21.9 Å². The van der Waals surface area contributed by atoms with Crippen LogP contribution in [-0.4, -0.2) is 18.1 Å². The Morgan fingerprint density at radius 2 is 1.89 bits per heavy atom. The van der Waals surface area contributed by atoms with Crippen LogP contribution >= 0.6 is 0 Å². The maximum absolute atomic E-state index is 14.5. The lowest BCUT2D eigenvalue weighted by Crippen LogP contribution is -2.39. The molecule has 28 heavy (non-hydrogen) atoms. The van der Waals surface area contributed by atoms with Crippen molar-refractivity contribution in [1.29, 1.82) is 0 Å². The molecule has 1 atom stereocenters. The van der Waals surface area contributed by atoms with E-state index in [2.05, 4.69) is 0 Å². The van der Waals surface area contributed by atoms with Crippen LogP contribution in [0.25, 0.3) is 5.69 Å². The number of anilines is 1. The molecule has 0 saturated heterocycles. The molecular weight excluding hydrogens is 379 g/mol. The molecule has 1 aliphatic heterocycles. The molecule has 5 nitrogen and oxygen atoms in total. The first kappa shape index (κ1) is 18.6. The first-order valence-electron chi connectivity index (χ1n) is 9.08. The predicted molar refractivity (Wildman–Crippen MR) is 106 cm³/mol. The third-order valence-corrected chi connectivity index (χ3v) is 7.14. The van der Waals surface area contributed by atoms with Gasteiger partial charge in [0.05, 0.1) is 22.3 Å². The first-order valence-corrected chi connectivity index (χ1v) is 10.5. The quantitative estimate of drug-likeness (QED) is 0.699. The lowest BCUT2D eigenvalue weighted by molar-refractivity contribution is 0.470. The van der Waals surface area contributed by atoms with Gasteiger partial charge in [0, 0.05) is 17.5 Å². The van der Waals surface area contributed by atoms with Crippen molar-refractivity contribution in [2.75, 3.05) is 4.31 Å². The van der Waals surface area contributed by atoms with Crippen molar-refractivity contribution in [2.24, 2.45) is 0 Å². The van der Waals surface area contributed by atoms with Crippen LogP contribution in [0.1, 0.15) is 36.2 Å². The molecule has 146 valence electrons. The number of fused-ring (bicyclic) bond motifs is 3. The highest BCUT2D eigenvalue weighted by atomic mass is 32.2. The molecule has 0 aliphatic carbocycles. The van der Waals surface area contributed by atoms with E-state index in [0.717, 1.165) is 5.69 Å². The number of nitrogens with zero attached hydrogens (tertiary/aromatic N) is 2. The fraction of sp³-hybridized carbons (Fsp3) is 0.238. The van der Waals surface area contributed by atoms with Crippen molar-refractivity contribution >= 4 is 15.7 Å². The van der Waals surface area contributed by atoms with Gasteiger partial charge in [0.2, 0.25) is 0 Å². The van der Waals surface area contributed by atoms with Crippen LogP contribution in [0.5, 0.6) is 5.75 Å². The van der Waals surface area contributed by atoms with E-state index in [-0.39, 0.29) is 16.2 Å². The van der Waals surface area contributed by atoms with Gasteiger partial charge in [0.15, 0.2) is 0 Å². The van der Waals surface area contributed by atoms with Crippen LogP contribution < -0.4 is 4.31 Å². The Balaban J connectivity index is 2.03. The van der Waals surface area contributed by atoms with Gasteiger partial charge < -0.3 is 9.67 Å². The minimum atomic E-state index is -3.99. The number of aryl methyl sites for hydroxylation is 1. The number of rotatable bonds is 3. The number of hydrogen-bond acceptors (Lipinski definition) is 3. The molecule has 4 rings (SSSR count). The van der Waals surface area contributed by atoms with E-state index in [0.29, 0.717) is 23.4 Å². The van der Waals surface area contributed by atoms with E-state index in [4.69, 9.17) is 0 Å². The van der Waals surface area contributed by atoms with Crippen LogP contribution in [0.3, 0.4) is 0 Å². The average molecular weight is 400 g/mol. The monoisotopic (exact) mass is 400 g/mol. The second-order valence-corrected chi connectivity index (χ2v) is 8.83. The molecule has 0 bridgehead atoms. The molecule has 1 N–H and O–H groups in total. The smallest absolute Gasteiger partial charge is 0.265 e. The zero-order valence-electron chi connectivity index (χ0n) is 15.8. The largest absolute Gasteiger partial charge is 0.508 e. The summed E-state index contributed by atoms with van der Waals surface area (Å²) in [5, 5.41) is 9.80. The molecule has 7 heteroatoms. The molecule has 0 amide bonds. The second-order valence-electron chi connectivity index (χ2n) is 7.02. The number of hydrogen-bond donors (Lipinski definition) is 1. The summed E-state index contributed by atoms with van der Waals surface area (Å²) >= 11 is 0. The fourth-order valence-electron chi connectivity index (χ4n) is 3.86. The minimum Gasteiger partial charge on any atom is -0.508 e. The minimum absolute atomic E-state index is 0.0288. The molecule has 1 aromatic heterocycles. The summed E-state index contributed by atoms with van der Waals surface area (Å²) in [6, 6.07) is 10.4. The van der Waals surface area contributed by atoms with Crippen LogP contribution in [0, 0.1) is 19.7 Å². The summed E-state index contributed by atoms with van der Waals surface area (Å²) in [5.74, 6) is -0.424. The molecule has 2 aromatic carbocycles. The maximum Gasteiger partial charge on any atom is 0.265 e. The Hall–Kier alpha value is -2.80. The van der Waals surface area contributed by atoms with Crippen molar-refractivity contribution in [2.45, 2.75) is 38.1 Å². The van der Waals surface area contributed by atoms with E-state index in [1.807, 2.05) is 29.8 Å². The van der Waals surface area contributed by atoms with Crippen LogP contribution in [0.4, 0.5) is 10.1 Å². The molecule has 0 saturated carbocycles. The third kappa shape index (κ3) is 2.53. The van der Waals surface area contributed by atoms with Crippen LogP contribution in [-0.2, 0) is 10.0 Å². The zero-order valence-corrected chi connectivity index (χ0v) is 16.7. The van der Waals surface area contributed by atoms with Crippen molar-refractivity contribution in [1.82, 2.24) is 4.57 Å². The highest BCUT2D eigenvalue weighted by Crippen LogP contribution is 2.46. The Morgan fingerprint density at radius 3 is 2.57 bits per heavy atom. The number of phenolic OH excluding ortho intramolecular Hbond substituents is 1. The maximum atomic E-state index is 14.5. The van der Waals surface area contributed by atoms with Gasteiger partial charge in [-0.1, -0.05) is 6.92 Å². The Morgan fingerprint density at radius 1 is 1.14 bits per heavy atom. The third-order valence-electron chi connectivity index (χ3n) is 5.34. The summed E-state index contributed by atoms with van der Waals surface area (Å²) in [6.07, 6.45) is 2.39. The van der Waals surface area contributed by atoms with E-state index in [1.54, 1.807) is 19.9 Å². The lowest BCUT2D eigenvalue weighted by Gasteiger charge is -2.39. The normalized spacial score (nSPS) is 16.0. The summed E-state index contributed by atoms with van der Waals surface area (Å²) in [5.41, 5.74) is 2.56. The molecule has 2 heterocycles. The van der Waals surface area contributed by atoms with Gasteiger partial charge >= 0.3 is 0 Å². The number of aromatic hydroxyl groups is 1. The molecule has 1 aliphatic rings. The lowest BCUT2D eigenvalue weighted by atomic mass is 10.0. The number of sulfonamides is 1. The fourth-order valence-corrected chi connectivity index (χ4v) is 5.72. The summed E-state index contributed by atoms with van der Waals surface area (Å²) in [6.45, 7) is 5.15. The SMILES string of the molecule is CCC1c2cccn2-c2ccc(F)c(C)c2N1S(=O)(=O)c1ccc(O)c(C)c1. The van der Waals surface area contributed by atoms with Gasteiger partial charge in [-0.05, 0) is 68.3 Å². The number of benzene rings is 2. The molecule has 1 unspecified atom stereocenters. The Labute approximate surface area is 163 Å². The highest BCUT2D eigenvalue weighted by molar-refractivity contribution is 7.92. The molecule has 0 fully saturated rings. The van der Waals surface area contributed by atoms with Crippen molar-refractivity contribution < 1.29 is 17.9 Å². The zero-order chi connectivity index (χ0) is 20.2.